The van der Waals surface area contributed by atoms with Crippen LogP contribution in [0.1, 0.15) is 105 Å². The molecule has 0 bridgehead atoms. The number of hydrogen-bond acceptors (Lipinski definition) is 2. The van der Waals surface area contributed by atoms with Gasteiger partial charge in [-0.3, -0.25) is 9.59 Å². The molecule has 0 saturated carbocycles. The van der Waals surface area contributed by atoms with E-state index in [2.05, 4.69) is 0 Å². The first-order valence-electron chi connectivity index (χ1n) is 13.7. The average Bonchev–Trinajstić information content (AvgIpc) is 2.86. The maximum absolute atomic E-state index is 14.8. The van der Waals surface area contributed by atoms with Gasteiger partial charge in [0.2, 0.25) is 0 Å². The molecule has 0 fully saturated rings. The van der Waals surface area contributed by atoms with Gasteiger partial charge in [0, 0.05) is 26.2 Å². The number of nitrogens with zero attached hydrogens (tertiary/aromatic N) is 2. The van der Waals surface area contributed by atoms with Crippen molar-refractivity contribution < 1.29 is 44.7 Å². The molecule has 226 valence electrons. The Hall–Kier alpha value is -1.62. The molecule has 0 heterocycles. The van der Waals surface area contributed by atoms with Crippen LogP contribution in [0.4, 0.5) is 35.1 Å². The number of carbonyl (C=O) groups is 2. The zero-order valence-electron chi connectivity index (χ0n) is 23.0. The summed E-state index contributed by atoms with van der Waals surface area (Å²) in [6.45, 7) is 5.41. The van der Waals surface area contributed by atoms with Crippen molar-refractivity contribution in [3.05, 3.63) is 0 Å². The quantitative estimate of drug-likeness (QED) is 0.104. The van der Waals surface area contributed by atoms with Crippen molar-refractivity contribution in [1.82, 2.24) is 9.80 Å². The van der Waals surface area contributed by atoms with E-state index in [0.29, 0.717) is 61.2 Å². The van der Waals surface area contributed by atoms with E-state index in [0.717, 1.165) is 0 Å². The number of halogens is 8. The van der Waals surface area contributed by atoms with E-state index in [1.807, 2.05) is 0 Å². The number of hydrogen-bond donors (Lipinski definition) is 0. The highest BCUT2D eigenvalue weighted by Crippen LogP contribution is 2.53. The van der Waals surface area contributed by atoms with Crippen LogP contribution in [0.3, 0.4) is 0 Å². The number of alkyl halides is 8. The topological polar surface area (TPSA) is 40.6 Å². The van der Waals surface area contributed by atoms with Gasteiger partial charge in [-0.2, -0.15) is 35.1 Å². The fourth-order valence-corrected chi connectivity index (χ4v) is 3.90. The fraction of sp³-hybridized carbons (Fsp3) is 0.923. The van der Waals surface area contributed by atoms with Crippen LogP contribution in [0.15, 0.2) is 0 Å². The van der Waals surface area contributed by atoms with Crippen LogP contribution >= 0.6 is 0 Å². The van der Waals surface area contributed by atoms with Crippen LogP contribution in [0.5, 0.6) is 0 Å². The molecule has 0 aliphatic carbocycles. The highest BCUT2D eigenvalue weighted by molar-refractivity contribution is 5.87. The molecular formula is C26H44F8N2O2. The third-order valence-corrected chi connectivity index (χ3v) is 6.42. The van der Waals surface area contributed by atoms with Crippen LogP contribution in [0.25, 0.3) is 0 Å². The lowest BCUT2D eigenvalue weighted by molar-refractivity contribution is -0.350. The van der Waals surface area contributed by atoms with E-state index in [-0.39, 0.29) is 25.7 Å². The predicted octanol–water partition coefficient (Wildman–Crippen LogP) is 7.95. The van der Waals surface area contributed by atoms with Gasteiger partial charge in [0.15, 0.2) is 0 Å². The molecule has 0 aromatic rings. The molecule has 0 aromatic carbocycles. The standard InChI is InChI=1S/C26H44F8N2O2/c1-5-9-13-17-35(18-14-10-6-2)21(37)23(27,28)25(31,32)26(33,34)24(29,30)22(38)36(19-15-11-7-3)20-16-12-8-4/h5-20H2,1-4H3. The van der Waals surface area contributed by atoms with Gasteiger partial charge in [-0.15, -0.1) is 0 Å². The monoisotopic (exact) mass is 568 g/mol. The molecule has 38 heavy (non-hydrogen) atoms. The maximum atomic E-state index is 14.8. The smallest absolute Gasteiger partial charge is 0.337 e. The Morgan fingerprint density at radius 3 is 0.842 bits per heavy atom. The average molecular weight is 569 g/mol. The third kappa shape index (κ3) is 8.96. The summed E-state index contributed by atoms with van der Waals surface area (Å²) in [5.41, 5.74) is 0. The molecule has 4 nitrogen and oxygen atoms in total. The van der Waals surface area contributed by atoms with E-state index in [9.17, 15) is 44.7 Å². The summed E-state index contributed by atoms with van der Waals surface area (Å²) in [6.07, 6.45) is 4.79. The Bertz CT molecular complexity index is 627. The molecule has 0 aliphatic heterocycles. The van der Waals surface area contributed by atoms with Gasteiger partial charge >= 0.3 is 23.7 Å². The minimum atomic E-state index is -6.83. The van der Waals surface area contributed by atoms with Crippen LogP contribution in [0, 0.1) is 0 Å². The zero-order valence-corrected chi connectivity index (χ0v) is 23.0. The molecule has 0 unspecified atom stereocenters. The molecule has 0 aliphatic rings. The Kier molecular flexibility index (Phi) is 15.8. The Morgan fingerprint density at radius 1 is 0.447 bits per heavy atom. The molecule has 0 saturated heterocycles. The van der Waals surface area contributed by atoms with Crippen molar-refractivity contribution in [2.45, 2.75) is 128 Å². The van der Waals surface area contributed by atoms with Crippen molar-refractivity contribution in [3.8, 4) is 0 Å². The minimum Gasteiger partial charge on any atom is -0.337 e. The van der Waals surface area contributed by atoms with Gasteiger partial charge in [0.1, 0.15) is 0 Å². The van der Waals surface area contributed by atoms with Crippen molar-refractivity contribution in [2.75, 3.05) is 26.2 Å². The minimum absolute atomic E-state index is 0.144. The van der Waals surface area contributed by atoms with E-state index in [1.165, 1.54) is 0 Å². The Labute approximate surface area is 221 Å². The molecule has 0 spiro atoms. The lowest BCUT2D eigenvalue weighted by Gasteiger charge is -2.38. The molecule has 0 atom stereocenters. The van der Waals surface area contributed by atoms with Gasteiger partial charge in [-0.25, -0.2) is 0 Å². The van der Waals surface area contributed by atoms with Crippen LogP contribution in [-0.4, -0.2) is 71.5 Å². The van der Waals surface area contributed by atoms with Gasteiger partial charge in [0.05, 0.1) is 0 Å². The van der Waals surface area contributed by atoms with Crippen molar-refractivity contribution >= 4 is 11.8 Å². The second-order valence-corrected chi connectivity index (χ2v) is 9.71. The van der Waals surface area contributed by atoms with Gasteiger partial charge in [-0.1, -0.05) is 79.1 Å². The van der Waals surface area contributed by atoms with Gasteiger partial charge in [0.25, 0.3) is 11.8 Å². The lowest BCUT2D eigenvalue weighted by atomic mass is 9.96. The van der Waals surface area contributed by atoms with E-state index in [1.54, 1.807) is 27.7 Å². The van der Waals surface area contributed by atoms with Crippen molar-refractivity contribution in [1.29, 1.82) is 0 Å². The Balaban J connectivity index is 6.14. The third-order valence-electron chi connectivity index (χ3n) is 6.42. The SMILES string of the molecule is CCCCCN(CCCCC)C(=O)C(F)(F)C(F)(F)C(F)(F)C(F)(F)C(=O)N(CCCCC)CCCCC. The van der Waals surface area contributed by atoms with Crippen LogP contribution < -0.4 is 0 Å². The van der Waals surface area contributed by atoms with Gasteiger partial charge < -0.3 is 9.80 Å². The van der Waals surface area contributed by atoms with Crippen molar-refractivity contribution in [2.24, 2.45) is 0 Å². The number of carbonyl (C=O) groups excluding carboxylic acids is 2. The van der Waals surface area contributed by atoms with E-state index < -0.39 is 61.7 Å². The highest BCUT2D eigenvalue weighted by atomic mass is 19.4. The summed E-state index contributed by atoms with van der Waals surface area (Å²) in [6, 6.07) is 0. The highest BCUT2D eigenvalue weighted by Gasteiger charge is 2.85. The maximum Gasteiger partial charge on any atom is 0.392 e. The summed E-state index contributed by atoms with van der Waals surface area (Å²) in [7, 11) is 0. The molecular weight excluding hydrogens is 524 g/mol. The predicted molar refractivity (Wildman–Crippen MR) is 131 cm³/mol. The summed E-state index contributed by atoms with van der Waals surface area (Å²) in [5, 5.41) is 0. The lowest BCUT2D eigenvalue weighted by Crippen LogP contribution is -2.69. The molecule has 0 N–H and O–H groups in total. The number of rotatable bonds is 21. The largest absolute Gasteiger partial charge is 0.392 e. The first-order chi connectivity index (χ1) is 17.6. The van der Waals surface area contributed by atoms with E-state index >= 15 is 0 Å². The molecule has 0 rings (SSSR count). The fourth-order valence-electron chi connectivity index (χ4n) is 3.90. The molecule has 2 amide bonds. The summed E-state index contributed by atoms with van der Waals surface area (Å²) in [4.78, 5) is 25.6. The summed E-state index contributed by atoms with van der Waals surface area (Å²) in [5.74, 6) is -31.3. The van der Waals surface area contributed by atoms with Crippen LogP contribution in [0.2, 0.25) is 0 Å². The first-order valence-corrected chi connectivity index (χ1v) is 13.7. The molecule has 0 radical (unpaired) electrons. The van der Waals surface area contributed by atoms with E-state index in [4.69, 9.17) is 0 Å². The van der Waals surface area contributed by atoms with Gasteiger partial charge in [-0.05, 0) is 25.7 Å². The number of amides is 2. The molecule has 0 aromatic heterocycles. The first kappa shape index (κ1) is 36.4. The van der Waals surface area contributed by atoms with Crippen molar-refractivity contribution in [3.63, 3.8) is 0 Å². The summed E-state index contributed by atoms with van der Waals surface area (Å²) >= 11 is 0. The second kappa shape index (κ2) is 16.5. The second-order valence-electron chi connectivity index (χ2n) is 9.71. The summed E-state index contributed by atoms with van der Waals surface area (Å²) < 4.78 is 118. The molecule has 12 heteroatoms. The number of unbranched alkanes of at least 4 members (excludes halogenated alkanes) is 8. The zero-order chi connectivity index (χ0) is 29.6. The Morgan fingerprint density at radius 2 is 0.658 bits per heavy atom. The van der Waals surface area contributed by atoms with Crippen LogP contribution in [-0.2, 0) is 9.59 Å². The normalized spacial score (nSPS) is 13.1.